The normalized spacial score (nSPS) is 21.6. The second-order valence-corrected chi connectivity index (χ2v) is 5.69. The van der Waals surface area contributed by atoms with Crippen molar-refractivity contribution in [2.75, 3.05) is 32.8 Å². The summed E-state index contributed by atoms with van der Waals surface area (Å²) in [6.45, 7) is 5.39. The maximum atomic E-state index is 11.8. The first kappa shape index (κ1) is 15.1. The molecule has 0 atom stereocenters. The summed E-state index contributed by atoms with van der Waals surface area (Å²) in [5.74, 6) is 0.654. The van der Waals surface area contributed by atoms with Gasteiger partial charge in [-0.05, 0) is 31.6 Å². The molecule has 6 heteroatoms. The molecule has 0 aromatic heterocycles. The molecule has 2 heterocycles. The number of carbonyl (C=O) groups is 2. The summed E-state index contributed by atoms with van der Waals surface area (Å²) < 4.78 is 5.30. The van der Waals surface area contributed by atoms with Crippen molar-refractivity contribution in [3.05, 3.63) is 0 Å². The van der Waals surface area contributed by atoms with Gasteiger partial charge in [-0.25, -0.2) is 4.79 Å². The first-order valence-electron chi connectivity index (χ1n) is 7.53. The van der Waals surface area contributed by atoms with Crippen molar-refractivity contribution in [3.8, 4) is 0 Å². The van der Waals surface area contributed by atoms with Crippen LogP contribution in [0.3, 0.4) is 0 Å². The minimum Gasteiger partial charge on any atom is -0.381 e. The molecule has 0 unspecified atom stereocenters. The maximum absolute atomic E-state index is 11.8. The van der Waals surface area contributed by atoms with Crippen LogP contribution >= 0.6 is 0 Å². The van der Waals surface area contributed by atoms with Gasteiger partial charge in [0.15, 0.2) is 0 Å². The molecular formula is C14H25N3O3. The summed E-state index contributed by atoms with van der Waals surface area (Å²) >= 11 is 0. The number of rotatable bonds is 3. The molecule has 6 nitrogen and oxygen atoms in total. The van der Waals surface area contributed by atoms with Gasteiger partial charge >= 0.3 is 6.03 Å². The van der Waals surface area contributed by atoms with Gasteiger partial charge in [-0.1, -0.05) is 0 Å². The van der Waals surface area contributed by atoms with E-state index in [9.17, 15) is 9.59 Å². The summed E-state index contributed by atoms with van der Waals surface area (Å²) in [4.78, 5) is 24.9. The van der Waals surface area contributed by atoms with Crippen molar-refractivity contribution in [2.24, 2.45) is 5.92 Å². The lowest BCUT2D eigenvalue weighted by Crippen LogP contribution is -2.49. The Balaban J connectivity index is 1.61. The molecule has 0 aromatic rings. The second kappa shape index (κ2) is 7.47. The van der Waals surface area contributed by atoms with Crippen LogP contribution in [-0.2, 0) is 9.53 Å². The van der Waals surface area contributed by atoms with E-state index in [0.29, 0.717) is 5.92 Å². The van der Waals surface area contributed by atoms with Gasteiger partial charge in [0.1, 0.15) is 0 Å². The van der Waals surface area contributed by atoms with Crippen LogP contribution in [0.25, 0.3) is 0 Å². The van der Waals surface area contributed by atoms with Crippen molar-refractivity contribution in [3.63, 3.8) is 0 Å². The van der Waals surface area contributed by atoms with Crippen molar-refractivity contribution < 1.29 is 14.3 Å². The standard InChI is InChI=1S/C14H25N3O3/c1-11(18)17-6-2-13(3-7-17)16-14(19)15-10-12-4-8-20-9-5-12/h12-13H,2-10H2,1H3,(H2,15,16,19). The van der Waals surface area contributed by atoms with Crippen LogP contribution < -0.4 is 10.6 Å². The number of piperidine rings is 1. The number of nitrogens with zero attached hydrogens (tertiary/aromatic N) is 1. The third-order valence-electron chi connectivity index (χ3n) is 4.17. The number of likely N-dealkylation sites (tertiary alicyclic amines) is 1. The Morgan fingerprint density at radius 3 is 2.40 bits per heavy atom. The van der Waals surface area contributed by atoms with Crippen molar-refractivity contribution in [1.29, 1.82) is 0 Å². The fourth-order valence-corrected chi connectivity index (χ4v) is 2.76. The molecule has 0 aliphatic carbocycles. The zero-order valence-corrected chi connectivity index (χ0v) is 12.2. The first-order chi connectivity index (χ1) is 9.65. The van der Waals surface area contributed by atoms with Crippen LogP contribution in [0.5, 0.6) is 0 Å². The summed E-state index contributed by atoms with van der Waals surface area (Å²) in [6.07, 6.45) is 3.73. The van der Waals surface area contributed by atoms with Crippen LogP contribution in [-0.4, -0.2) is 55.7 Å². The van der Waals surface area contributed by atoms with Gasteiger partial charge in [0.05, 0.1) is 0 Å². The van der Waals surface area contributed by atoms with Crippen LogP contribution in [0.4, 0.5) is 4.79 Å². The minimum atomic E-state index is -0.0854. The molecule has 2 N–H and O–H groups in total. The number of carbonyl (C=O) groups excluding carboxylic acids is 2. The van der Waals surface area contributed by atoms with E-state index in [1.54, 1.807) is 6.92 Å². The van der Waals surface area contributed by atoms with Gasteiger partial charge in [-0.2, -0.15) is 0 Å². The van der Waals surface area contributed by atoms with Gasteiger partial charge in [-0.3, -0.25) is 4.79 Å². The highest BCUT2D eigenvalue weighted by Crippen LogP contribution is 2.13. The summed E-state index contributed by atoms with van der Waals surface area (Å²) in [6, 6.07) is 0.0954. The lowest BCUT2D eigenvalue weighted by Gasteiger charge is -2.31. The Bertz CT molecular complexity index is 335. The molecule has 0 saturated carbocycles. The van der Waals surface area contributed by atoms with E-state index in [1.165, 1.54) is 0 Å². The van der Waals surface area contributed by atoms with E-state index in [-0.39, 0.29) is 18.0 Å². The minimum absolute atomic E-state index is 0.0854. The third-order valence-corrected chi connectivity index (χ3v) is 4.17. The first-order valence-corrected chi connectivity index (χ1v) is 7.53. The predicted molar refractivity (Wildman–Crippen MR) is 75.4 cm³/mol. The fraction of sp³-hybridized carbons (Fsp3) is 0.857. The number of amides is 3. The summed E-state index contributed by atoms with van der Waals surface area (Å²) in [5, 5.41) is 5.95. The lowest BCUT2D eigenvalue weighted by molar-refractivity contribution is -0.129. The zero-order valence-electron chi connectivity index (χ0n) is 12.2. The monoisotopic (exact) mass is 283 g/mol. The summed E-state index contributed by atoms with van der Waals surface area (Å²) in [7, 11) is 0. The maximum Gasteiger partial charge on any atom is 0.315 e. The van der Waals surface area contributed by atoms with Crippen LogP contribution in [0.1, 0.15) is 32.6 Å². The molecular weight excluding hydrogens is 258 g/mol. The van der Waals surface area contributed by atoms with Crippen LogP contribution in [0.15, 0.2) is 0 Å². The van der Waals surface area contributed by atoms with E-state index in [2.05, 4.69) is 10.6 Å². The third kappa shape index (κ3) is 4.67. The fourth-order valence-electron chi connectivity index (χ4n) is 2.76. The highest BCUT2D eigenvalue weighted by Gasteiger charge is 2.22. The molecule has 2 rings (SSSR count). The topological polar surface area (TPSA) is 70.7 Å². The average molecular weight is 283 g/mol. The molecule has 2 fully saturated rings. The predicted octanol–water partition coefficient (Wildman–Crippen LogP) is 0.723. The molecule has 2 saturated heterocycles. The van der Waals surface area contributed by atoms with Crippen LogP contribution in [0, 0.1) is 5.92 Å². The van der Waals surface area contributed by atoms with Gasteiger partial charge < -0.3 is 20.3 Å². The molecule has 20 heavy (non-hydrogen) atoms. The summed E-state index contributed by atoms with van der Waals surface area (Å²) in [5.41, 5.74) is 0. The van der Waals surface area contributed by atoms with E-state index in [1.807, 2.05) is 4.90 Å². The van der Waals surface area contributed by atoms with Gasteiger partial charge in [0, 0.05) is 45.8 Å². The number of ether oxygens (including phenoxy) is 1. The van der Waals surface area contributed by atoms with E-state index in [0.717, 1.165) is 58.5 Å². The van der Waals surface area contributed by atoms with Crippen LogP contribution in [0.2, 0.25) is 0 Å². The van der Waals surface area contributed by atoms with Gasteiger partial charge in [0.2, 0.25) is 5.91 Å². The smallest absolute Gasteiger partial charge is 0.315 e. The average Bonchev–Trinajstić information content (AvgIpc) is 2.47. The highest BCUT2D eigenvalue weighted by molar-refractivity contribution is 5.74. The van der Waals surface area contributed by atoms with Crippen molar-refractivity contribution in [2.45, 2.75) is 38.6 Å². The molecule has 0 radical (unpaired) electrons. The Labute approximate surface area is 120 Å². The Kier molecular flexibility index (Phi) is 5.64. The molecule has 3 amide bonds. The number of urea groups is 1. The molecule has 2 aliphatic heterocycles. The van der Waals surface area contributed by atoms with Gasteiger partial charge in [0.25, 0.3) is 0 Å². The lowest BCUT2D eigenvalue weighted by atomic mass is 10.0. The number of nitrogens with one attached hydrogen (secondary N) is 2. The largest absolute Gasteiger partial charge is 0.381 e. The van der Waals surface area contributed by atoms with E-state index >= 15 is 0 Å². The SMILES string of the molecule is CC(=O)N1CCC(NC(=O)NCC2CCOCC2)CC1. The Morgan fingerprint density at radius 1 is 1.15 bits per heavy atom. The van der Waals surface area contributed by atoms with Crippen molar-refractivity contribution in [1.82, 2.24) is 15.5 Å². The molecule has 2 aliphatic rings. The van der Waals surface area contributed by atoms with E-state index < -0.39 is 0 Å². The quantitative estimate of drug-likeness (QED) is 0.802. The second-order valence-electron chi connectivity index (χ2n) is 5.69. The molecule has 0 aromatic carbocycles. The highest BCUT2D eigenvalue weighted by atomic mass is 16.5. The Hall–Kier alpha value is -1.30. The number of hydrogen-bond acceptors (Lipinski definition) is 3. The van der Waals surface area contributed by atoms with E-state index in [4.69, 9.17) is 4.74 Å². The zero-order chi connectivity index (χ0) is 14.4. The Morgan fingerprint density at radius 2 is 1.80 bits per heavy atom. The molecule has 0 spiro atoms. The molecule has 114 valence electrons. The van der Waals surface area contributed by atoms with Crippen molar-refractivity contribution >= 4 is 11.9 Å². The van der Waals surface area contributed by atoms with Gasteiger partial charge in [-0.15, -0.1) is 0 Å². The number of hydrogen-bond donors (Lipinski definition) is 2. The molecule has 0 bridgehead atoms.